The van der Waals surface area contributed by atoms with Gasteiger partial charge in [-0.1, -0.05) is 12.1 Å². The van der Waals surface area contributed by atoms with Crippen molar-refractivity contribution in [3.8, 4) is 0 Å². The van der Waals surface area contributed by atoms with Gasteiger partial charge in [0.15, 0.2) is 11.6 Å². The van der Waals surface area contributed by atoms with Crippen LogP contribution in [0.4, 0.5) is 0 Å². The normalized spacial score (nSPS) is 20.2. The fraction of sp³-hybridized carbons (Fsp3) is 0.517. The van der Waals surface area contributed by atoms with Gasteiger partial charge in [0.25, 0.3) is 0 Å². The van der Waals surface area contributed by atoms with Crippen molar-refractivity contribution in [2.45, 2.75) is 90.9 Å². The average molecular weight is 413 g/mol. The Kier molecular flexibility index (Phi) is 4.32. The van der Waals surface area contributed by atoms with Crippen molar-refractivity contribution in [1.82, 2.24) is 0 Å². The molecule has 160 valence electrons. The summed E-state index contributed by atoms with van der Waals surface area (Å²) in [5.74, 6) is 0.505. The van der Waals surface area contributed by atoms with E-state index < -0.39 is 0 Å². The maximum atomic E-state index is 12.8. The third kappa shape index (κ3) is 2.90. The van der Waals surface area contributed by atoms with Crippen LogP contribution >= 0.6 is 0 Å². The zero-order chi connectivity index (χ0) is 21.3. The van der Waals surface area contributed by atoms with Gasteiger partial charge in [-0.3, -0.25) is 9.59 Å². The molecule has 0 fully saturated rings. The summed E-state index contributed by atoms with van der Waals surface area (Å²) in [7, 11) is 0. The van der Waals surface area contributed by atoms with Crippen molar-refractivity contribution >= 4 is 11.6 Å². The van der Waals surface area contributed by atoms with Crippen LogP contribution in [0.25, 0.3) is 0 Å². The van der Waals surface area contributed by atoms with Crippen LogP contribution in [0.15, 0.2) is 12.1 Å². The van der Waals surface area contributed by atoms with E-state index in [1.165, 1.54) is 70.2 Å². The molecule has 4 aliphatic rings. The first-order chi connectivity index (χ1) is 15.0. The van der Waals surface area contributed by atoms with Crippen molar-refractivity contribution in [3.05, 3.63) is 67.8 Å². The lowest BCUT2D eigenvalue weighted by molar-refractivity contribution is 0.100. The second kappa shape index (κ2) is 6.89. The Morgan fingerprint density at radius 1 is 0.581 bits per heavy atom. The zero-order valence-corrected chi connectivity index (χ0v) is 19.0. The Morgan fingerprint density at radius 3 is 1.42 bits per heavy atom. The Bertz CT molecular complexity index is 1060. The molecule has 31 heavy (non-hydrogen) atoms. The molecule has 6 rings (SSSR count). The van der Waals surface area contributed by atoms with Gasteiger partial charge in [-0.2, -0.15) is 0 Å². The lowest BCUT2D eigenvalue weighted by Gasteiger charge is -2.23. The van der Waals surface area contributed by atoms with Crippen LogP contribution in [-0.2, 0) is 51.4 Å². The highest BCUT2D eigenvalue weighted by molar-refractivity contribution is 5.99. The molecule has 0 aromatic heterocycles. The molecule has 0 bridgehead atoms. The molecular formula is C29H32O2. The summed E-state index contributed by atoms with van der Waals surface area (Å²) in [5.41, 5.74) is 13.4. The molecule has 2 aromatic carbocycles. The van der Waals surface area contributed by atoms with Crippen molar-refractivity contribution in [2.75, 3.05) is 0 Å². The number of hydrogen-bond donors (Lipinski definition) is 0. The van der Waals surface area contributed by atoms with Crippen LogP contribution < -0.4 is 0 Å². The quantitative estimate of drug-likeness (QED) is 0.590. The van der Waals surface area contributed by atoms with E-state index in [4.69, 9.17) is 0 Å². The number of benzene rings is 2. The van der Waals surface area contributed by atoms with Crippen molar-refractivity contribution in [1.29, 1.82) is 0 Å². The molecule has 0 atom stereocenters. The van der Waals surface area contributed by atoms with E-state index in [2.05, 4.69) is 12.1 Å². The number of carbonyl (C=O) groups is 2. The second-order valence-electron chi connectivity index (χ2n) is 10.8. The second-order valence-corrected chi connectivity index (χ2v) is 10.8. The number of aryl methyl sites for hydroxylation is 2. The number of ketones is 2. The van der Waals surface area contributed by atoms with Gasteiger partial charge in [0, 0.05) is 11.1 Å². The van der Waals surface area contributed by atoms with Crippen molar-refractivity contribution < 1.29 is 9.59 Å². The lowest BCUT2D eigenvalue weighted by atomic mass is 9.80. The van der Waals surface area contributed by atoms with Crippen molar-refractivity contribution in [3.63, 3.8) is 0 Å². The summed E-state index contributed by atoms with van der Waals surface area (Å²) in [5, 5.41) is 0. The maximum Gasteiger partial charge on any atom is 0.160 e. The molecule has 0 N–H and O–H groups in total. The number of rotatable bonds is 2. The first-order valence-electron chi connectivity index (χ1n) is 12.3. The number of fused-ring (bicyclic) bond motifs is 4. The minimum Gasteiger partial charge on any atom is -0.294 e. The molecule has 4 aliphatic carbocycles. The molecule has 2 aromatic rings. The van der Waals surface area contributed by atoms with E-state index >= 15 is 0 Å². The third-order valence-corrected chi connectivity index (χ3v) is 8.64. The lowest BCUT2D eigenvalue weighted by Crippen LogP contribution is -2.22. The van der Waals surface area contributed by atoms with Gasteiger partial charge in [0.2, 0.25) is 0 Å². The van der Waals surface area contributed by atoms with Crippen LogP contribution in [0.1, 0.15) is 105 Å². The molecule has 0 aliphatic heterocycles. The minimum absolute atomic E-state index is 0.160. The summed E-state index contributed by atoms with van der Waals surface area (Å²) in [6, 6.07) is 4.90. The van der Waals surface area contributed by atoms with Crippen LogP contribution in [0, 0.1) is 5.41 Å². The fourth-order valence-electron chi connectivity index (χ4n) is 7.53. The van der Waals surface area contributed by atoms with E-state index in [1.54, 1.807) is 13.8 Å². The summed E-state index contributed by atoms with van der Waals surface area (Å²) < 4.78 is 0. The first kappa shape index (κ1) is 19.5. The van der Waals surface area contributed by atoms with Gasteiger partial charge in [0.1, 0.15) is 0 Å². The summed E-state index contributed by atoms with van der Waals surface area (Å²) in [6.07, 6.45) is 13.4. The van der Waals surface area contributed by atoms with E-state index in [1.807, 2.05) is 0 Å². The minimum atomic E-state index is 0.160. The highest BCUT2D eigenvalue weighted by Gasteiger charge is 2.45. The molecule has 0 saturated carbocycles. The van der Waals surface area contributed by atoms with E-state index in [-0.39, 0.29) is 17.0 Å². The average Bonchev–Trinajstić information content (AvgIpc) is 3.26. The number of Topliss-reactive ketones (excluding diaryl/α,β-unsaturated/α-hetero) is 2. The monoisotopic (exact) mass is 412 g/mol. The zero-order valence-electron chi connectivity index (χ0n) is 19.0. The van der Waals surface area contributed by atoms with Crippen LogP contribution in [0.2, 0.25) is 0 Å². The topological polar surface area (TPSA) is 34.1 Å². The molecule has 0 unspecified atom stereocenters. The Labute approximate surface area is 185 Å². The molecule has 0 saturated heterocycles. The van der Waals surface area contributed by atoms with Gasteiger partial charge in [-0.05, 0) is 141 Å². The third-order valence-electron chi connectivity index (χ3n) is 8.64. The predicted octanol–water partition coefficient (Wildman–Crippen LogP) is 5.73. The van der Waals surface area contributed by atoms with Crippen molar-refractivity contribution in [2.24, 2.45) is 5.41 Å². The van der Waals surface area contributed by atoms with Gasteiger partial charge >= 0.3 is 0 Å². The SMILES string of the molecule is CC(=O)c1c2c(cc3c1CC1(C3)Cc3cc4c(c(C(C)=O)c3C1)CCCC4)CCCC2. The molecule has 0 heterocycles. The Hall–Kier alpha value is -2.22. The smallest absolute Gasteiger partial charge is 0.160 e. The molecule has 2 nitrogen and oxygen atoms in total. The standard InChI is InChI=1S/C29H32O2/c1-17(30)27-23-9-5-3-7-19(23)11-21-13-29(15-25(21)27)14-22-12-20-8-4-6-10-24(20)28(18(2)31)26(22)16-29/h11-12H,3-10,13-16H2,1-2H3. The first-order valence-corrected chi connectivity index (χ1v) is 12.3. The van der Waals surface area contributed by atoms with Crippen LogP contribution in [-0.4, -0.2) is 11.6 Å². The van der Waals surface area contributed by atoms with Gasteiger partial charge < -0.3 is 0 Å². The Morgan fingerprint density at radius 2 is 1.00 bits per heavy atom. The molecule has 0 radical (unpaired) electrons. The summed E-state index contributed by atoms with van der Waals surface area (Å²) in [4.78, 5) is 25.5. The Balaban J connectivity index is 1.45. The highest BCUT2D eigenvalue weighted by atomic mass is 16.1. The summed E-state index contributed by atoms with van der Waals surface area (Å²) in [6.45, 7) is 3.53. The van der Waals surface area contributed by atoms with E-state index in [0.29, 0.717) is 0 Å². The maximum absolute atomic E-state index is 12.8. The van der Waals surface area contributed by atoms with E-state index in [9.17, 15) is 9.59 Å². The van der Waals surface area contributed by atoms with Crippen LogP contribution in [0.5, 0.6) is 0 Å². The molecule has 0 amide bonds. The molecular weight excluding hydrogens is 380 g/mol. The number of carbonyl (C=O) groups excluding carboxylic acids is 2. The van der Waals surface area contributed by atoms with Gasteiger partial charge in [-0.15, -0.1) is 0 Å². The predicted molar refractivity (Wildman–Crippen MR) is 123 cm³/mol. The van der Waals surface area contributed by atoms with E-state index in [0.717, 1.165) is 62.5 Å². The highest BCUT2D eigenvalue weighted by Crippen LogP contribution is 2.51. The molecule has 1 spiro atoms. The fourth-order valence-corrected chi connectivity index (χ4v) is 7.53. The van der Waals surface area contributed by atoms with Gasteiger partial charge in [0.05, 0.1) is 0 Å². The van der Waals surface area contributed by atoms with Gasteiger partial charge in [-0.25, -0.2) is 0 Å². The molecule has 2 heteroatoms. The van der Waals surface area contributed by atoms with Crippen LogP contribution in [0.3, 0.4) is 0 Å². The summed E-state index contributed by atoms with van der Waals surface area (Å²) >= 11 is 0. The largest absolute Gasteiger partial charge is 0.294 e. The number of hydrogen-bond acceptors (Lipinski definition) is 2.